The number of benzene rings is 1. The minimum absolute atomic E-state index is 0.0815. The maximum absolute atomic E-state index is 13.0. The number of aliphatic hydroxyl groups is 1. The lowest BCUT2D eigenvalue weighted by molar-refractivity contribution is 0.157. The van der Waals surface area contributed by atoms with E-state index >= 15 is 0 Å². The number of likely N-dealkylation sites (tertiary alicyclic amines) is 1. The lowest BCUT2D eigenvalue weighted by Crippen LogP contribution is -2.44. The maximum atomic E-state index is 13.0. The lowest BCUT2D eigenvalue weighted by Gasteiger charge is -2.23. The normalized spacial score (nSPS) is 18.1. The molecule has 116 valence electrons. The van der Waals surface area contributed by atoms with Crippen molar-refractivity contribution in [1.82, 2.24) is 10.2 Å². The van der Waals surface area contributed by atoms with Crippen LogP contribution in [0.4, 0.5) is 18.0 Å². The zero-order valence-electron chi connectivity index (χ0n) is 11.4. The molecule has 1 fully saturated rings. The highest BCUT2D eigenvalue weighted by molar-refractivity contribution is 5.74. The van der Waals surface area contributed by atoms with E-state index in [0.29, 0.717) is 6.54 Å². The van der Waals surface area contributed by atoms with Crippen LogP contribution < -0.4 is 5.32 Å². The summed E-state index contributed by atoms with van der Waals surface area (Å²) in [5, 5.41) is 11.8. The van der Waals surface area contributed by atoms with Crippen molar-refractivity contribution in [2.75, 3.05) is 19.7 Å². The molecule has 1 aliphatic rings. The molecule has 1 aromatic carbocycles. The van der Waals surface area contributed by atoms with Gasteiger partial charge in [-0.1, -0.05) is 0 Å². The highest BCUT2D eigenvalue weighted by atomic mass is 19.2. The number of hydrogen-bond donors (Lipinski definition) is 2. The molecule has 2 N–H and O–H groups in total. The van der Waals surface area contributed by atoms with Crippen molar-refractivity contribution in [3.8, 4) is 0 Å². The Morgan fingerprint density at radius 2 is 2.00 bits per heavy atom. The van der Waals surface area contributed by atoms with Crippen LogP contribution in [-0.2, 0) is 6.42 Å². The molecule has 1 unspecified atom stereocenters. The van der Waals surface area contributed by atoms with E-state index in [-0.39, 0.29) is 37.2 Å². The van der Waals surface area contributed by atoms with E-state index in [0.717, 1.165) is 25.0 Å². The fourth-order valence-corrected chi connectivity index (χ4v) is 2.46. The summed E-state index contributed by atoms with van der Waals surface area (Å²) in [6.07, 6.45) is 1.79. The zero-order chi connectivity index (χ0) is 15.4. The predicted octanol–water partition coefficient (Wildman–Crippen LogP) is 1.81. The van der Waals surface area contributed by atoms with Gasteiger partial charge in [0.2, 0.25) is 0 Å². The number of aliphatic hydroxyl groups excluding tert-OH is 1. The molecule has 0 radical (unpaired) electrons. The minimum Gasteiger partial charge on any atom is -0.394 e. The number of nitrogens with zero attached hydrogens (tertiary/aromatic N) is 1. The molecule has 21 heavy (non-hydrogen) atoms. The van der Waals surface area contributed by atoms with Crippen LogP contribution in [0, 0.1) is 17.5 Å². The third kappa shape index (κ3) is 3.66. The average molecular weight is 302 g/mol. The number of urea groups is 1. The smallest absolute Gasteiger partial charge is 0.317 e. The first-order valence-corrected chi connectivity index (χ1v) is 6.81. The number of carbonyl (C=O) groups is 1. The van der Waals surface area contributed by atoms with Crippen molar-refractivity contribution < 1.29 is 23.1 Å². The number of amides is 2. The molecule has 1 heterocycles. The Labute approximate surface area is 120 Å². The van der Waals surface area contributed by atoms with E-state index < -0.39 is 17.5 Å². The Morgan fingerprint density at radius 1 is 1.33 bits per heavy atom. The summed E-state index contributed by atoms with van der Waals surface area (Å²) in [6, 6.07) is 1.34. The Morgan fingerprint density at radius 3 is 2.62 bits per heavy atom. The van der Waals surface area contributed by atoms with Gasteiger partial charge in [0.1, 0.15) is 0 Å². The monoisotopic (exact) mass is 302 g/mol. The first-order valence-electron chi connectivity index (χ1n) is 6.81. The van der Waals surface area contributed by atoms with Crippen LogP contribution in [0.3, 0.4) is 0 Å². The predicted molar refractivity (Wildman–Crippen MR) is 70.2 cm³/mol. The Hall–Kier alpha value is -1.76. The van der Waals surface area contributed by atoms with E-state index in [1.807, 2.05) is 0 Å². The number of halogens is 3. The Kier molecular flexibility index (Phi) is 5.06. The average Bonchev–Trinajstić information content (AvgIpc) is 2.93. The van der Waals surface area contributed by atoms with Gasteiger partial charge in [-0.15, -0.1) is 0 Å². The van der Waals surface area contributed by atoms with Gasteiger partial charge in [-0.3, -0.25) is 0 Å². The van der Waals surface area contributed by atoms with Gasteiger partial charge in [0.05, 0.1) is 12.6 Å². The molecule has 2 amide bonds. The van der Waals surface area contributed by atoms with Gasteiger partial charge in [-0.2, -0.15) is 0 Å². The summed E-state index contributed by atoms with van der Waals surface area (Å²) >= 11 is 0. The van der Waals surface area contributed by atoms with Crippen molar-refractivity contribution >= 4 is 6.03 Å². The molecule has 0 aliphatic carbocycles. The van der Waals surface area contributed by atoms with Gasteiger partial charge in [-0.05, 0) is 37.0 Å². The summed E-state index contributed by atoms with van der Waals surface area (Å²) in [5.41, 5.74) is 0.270. The quantitative estimate of drug-likeness (QED) is 0.834. The van der Waals surface area contributed by atoms with Gasteiger partial charge in [0, 0.05) is 13.1 Å². The molecule has 1 aliphatic heterocycles. The van der Waals surface area contributed by atoms with Crippen LogP contribution in [0.25, 0.3) is 0 Å². The van der Waals surface area contributed by atoms with Gasteiger partial charge < -0.3 is 15.3 Å². The van der Waals surface area contributed by atoms with Gasteiger partial charge in [-0.25, -0.2) is 18.0 Å². The standard InChI is InChI=1S/C14H17F3N2O2/c15-11-6-9(7-12(16)13(11)17)3-4-18-14(21)19-5-1-2-10(19)8-20/h6-7,10,20H,1-5,8H2,(H,18,21). The minimum atomic E-state index is -1.49. The van der Waals surface area contributed by atoms with Gasteiger partial charge in [0.15, 0.2) is 17.5 Å². The molecule has 0 saturated carbocycles. The summed E-state index contributed by atoms with van der Waals surface area (Å²) < 4.78 is 38.9. The second-order valence-electron chi connectivity index (χ2n) is 5.03. The summed E-state index contributed by atoms with van der Waals surface area (Å²) in [5.74, 6) is -3.97. The lowest BCUT2D eigenvalue weighted by atomic mass is 10.1. The Bertz CT molecular complexity index is 502. The third-order valence-corrected chi connectivity index (χ3v) is 3.58. The van der Waals surface area contributed by atoms with E-state index in [1.54, 1.807) is 4.90 Å². The molecule has 7 heteroatoms. The van der Waals surface area contributed by atoms with Crippen LogP contribution in [0.15, 0.2) is 12.1 Å². The van der Waals surface area contributed by atoms with Crippen molar-refractivity contribution in [3.05, 3.63) is 35.1 Å². The van der Waals surface area contributed by atoms with Crippen LogP contribution in [0.1, 0.15) is 18.4 Å². The van der Waals surface area contributed by atoms with Crippen LogP contribution >= 0.6 is 0 Å². The molecule has 1 atom stereocenters. The van der Waals surface area contributed by atoms with Crippen LogP contribution in [-0.4, -0.2) is 41.8 Å². The van der Waals surface area contributed by atoms with Crippen LogP contribution in [0.2, 0.25) is 0 Å². The Balaban J connectivity index is 1.85. The fraction of sp³-hybridized carbons (Fsp3) is 0.500. The second-order valence-corrected chi connectivity index (χ2v) is 5.03. The van der Waals surface area contributed by atoms with Crippen molar-refractivity contribution in [2.24, 2.45) is 0 Å². The van der Waals surface area contributed by atoms with Crippen molar-refractivity contribution in [1.29, 1.82) is 0 Å². The first kappa shape index (κ1) is 15.6. The summed E-state index contributed by atoms with van der Waals surface area (Å²) in [4.78, 5) is 13.4. The largest absolute Gasteiger partial charge is 0.394 e. The van der Waals surface area contributed by atoms with Crippen molar-refractivity contribution in [3.63, 3.8) is 0 Å². The van der Waals surface area contributed by atoms with Crippen LogP contribution in [0.5, 0.6) is 0 Å². The summed E-state index contributed by atoms with van der Waals surface area (Å²) in [6.45, 7) is 0.677. The number of rotatable bonds is 4. The maximum Gasteiger partial charge on any atom is 0.317 e. The number of carbonyl (C=O) groups excluding carboxylic acids is 1. The third-order valence-electron chi connectivity index (χ3n) is 3.58. The molecular weight excluding hydrogens is 285 g/mol. The fourth-order valence-electron chi connectivity index (χ4n) is 2.46. The molecule has 4 nitrogen and oxygen atoms in total. The van der Waals surface area contributed by atoms with Gasteiger partial charge >= 0.3 is 6.03 Å². The first-order chi connectivity index (χ1) is 10.0. The highest BCUT2D eigenvalue weighted by Gasteiger charge is 2.27. The molecule has 0 spiro atoms. The summed E-state index contributed by atoms with van der Waals surface area (Å²) in [7, 11) is 0. The van der Waals surface area contributed by atoms with E-state index in [4.69, 9.17) is 5.11 Å². The topological polar surface area (TPSA) is 52.6 Å². The highest BCUT2D eigenvalue weighted by Crippen LogP contribution is 2.17. The number of hydrogen-bond acceptors (Lipinski definition) is 2. The van der Waals surface area contributed by atoms with Gasteiger partial charge in [0.25, 0.3) is 0 Å². The molecule has 0 aromatic heterocycles. The molecular formula is C14H17F3N2O2. The molecule has 1 saturated heterocycles. The van der Waals surface area contributed by atoms with Crippen molar-refractivity contribution in [2.45, 2.75) is 25.3 Å². The SMILES string of the molecule is O=C(NCCc1cc(F)c(F)c(F)c1)N1CCCC1CO. The number of nitrogens with one attached hydrogen (secondary N) is 1. The molecule has 1 aromatic rings. The second kappa shape index (κ2) is 6.80. The zero-order valence-corrected chi connectivity index (χ0v) is 11.4. The molecule has 2 rings (SSSR count). The van der Waals surface area contributed by atoms with E-state index in [9.17, 15) is 18.0 Å². The van der Waals surface area contributed by atoms with E-state index in [2.05, 4.69) is 5.32 Å². The molecule has 0 bridgehead atoms. The van der Waals surface area contributed by atoms with E-state index in [1.165, 1.54) is 0 Å².